The van der Waals surface area contributed by atoms with Crippen LogP contribution in [0, 0.1) is 6.92 Å². The molecule has 0 aliphatic rings. The number of hydrogen-bond donors (Lipinski definition) is 2. The molecule has 20 heavy (non-hydrogen) atoms. The third-order valence-electron chi connectivity index (χ3n) is 3.13. The first-order valence-corrected chi connectivity index (χ1v) is 6.61. The maximum atomic E-state index is 9.49. The van der Waals surface area contributed by atoms with Crippen LogP contribution >= 0.6 is 0 Å². The Morgan fingerprint density at radius 3 is 2.75 bits per heavy atom. The van der Waals surface area contributed by atoms with E-state index in [-0.39, 0.29) is 11.9 Å². The fraction of sp³-hybridized carbons (Fsp3) is 0.294. The third kappa shape index (κ3) is 3.75. The minimum Gasteiger partial charge on any atom is -0.508 e. The number of aryl methyl sites for hydroxylation is 1. The number of benzene rings is 2. The Labute approximate surface area is 124 Å². The van der Waals surface area contributed by atoms with Gasteiger partial charge in [-0.15, -0.1) is 0 Å². The topological polar surface area (TPSA) is 41.5 Å². The van der Waals surface area contributed by atoms with Crippen molar-refractivity contribution in [3.63, 3.8) is 0 Å². The molecule has 0 spiro atoms. The van der Waals surface area contributed by atoms with Gasteiger partial charge < -0.3 is 15.2 Å². The zero-order valence-electron chi connectivity index (χ0n) is 14.5. The smallest absolute Gasteiger partial charge is 0.125 e. The summed E-state index contributed by atoms with van der Waals surface area (Å²) in [6.07, 6.45) is 0.247. The van der Waals surface area contributed by atoms with Crippen LogP contribution in [0.15, 0.2) is 48.5 Å². The van der Waals surface area contributed by atoms with Crippen molar-refractivity contribution in [1.82, 2.24) is 5.32 Å². The van der Waals surface area contributed by atoms with Crippen molar-refractivity contribution >= 4 is 0 Å². The van der Waals surface area contributed by atoms with Crippen molar-refractivity contribution in [3.05, 3.63) is 59.7 Å². The van der Waals surface area contributed by atoms with Crippen LogP contribution in [0.25, 0.3) is 0 Å². The maximum Gasteiger partial charge on any atom is 0.125 e. The number of phenols is 1. The molecule has 1 atom stereocenters. The van der Waals surface area contributed by atoms with Gasteiger partial charge in [-0.3, -0.25) is 0 Å². The van der Waals surface area contributed by atoms with Crippen LogP contribution in [0.3, 0.4) is 0 Å². The van der Waals surface area contributed by atoms with Crippen molar-refractivity contribution in [2.45, 2.75) is 19.4 Å². The molecule has 2 N–H and O–H groups in total. The third-order valence-corrected chi connectivity index (χ3v) is 3.13. The molecule has 2 aromatic carbocycles. The fourth-order valence-corrected chi connectivity index (χ4v) is 2.08. The van der Waals surface area contributed by atoms with E-state index in [1.165, 1.54) is 0 Å². The number of nitrogens with one attached hydrogen (secondary N) is 1. The van der Waals surface area contributed by atoms with E-state index in [1.54, 1.807) is 18.2 Å². The van der Waals surface area contributed by atoms with E-state index >= 15 is 0 Å². The summed E-state index contributed by atoms with van der Waals surface area (Å²) in [6.45, 7) is 0.0146. The molecule has 0 heterocycles. The molecule has 106 valence electrons. The van der Waals surface area contributed by atoms with Gasteiger partial charge in [-0.25, -0.2) is 0 Å². The first-order valence-electron chi connectivity index (χ1n) is 8.11. The van der Waals surface area contributed by atoms with E-state index in [1.807, 2.05) is 37.3 Å². The number of ether oxygens (including phenoxy) is 1. The van der Waals surface area contributed by atoms with Crippen molar-refractivity contribution in [2.75, 3.05) is 13.5 Å². The summed E-state index contributed by atoms with van der Waals surface area (Å²) >= 11 is 0. The largest absolute Gasteiger partial charge is 0.508 e. The van der Waals surface area contributed by atoms with Gasteiger partial charge in [0.25, 0.3) is 0 Å². The predicted octanol–water partition coefficient (Wildman–Crippen LogP) is 3.43. The minimum absolute atomic E-state index is 0.190. The highest BCUT2D eigenvalue weighted by molar-refractivity contribution is 5.39. The first kappa shape index (κ1) is 10.7. The molecule has 0 aromatic heterocycles. The standard InChI is InChI=1S/C17H21NO2/c1-13-12-15(19)8-9-16(13)20-17(10-11-18-2)14-6-4-3-5-7-14/h3-9,12,17-19H,10-11H2,1-2H3/t17-/m1/s1/i2D3. The van der Waals surface area contributed by atoms with Crippen LogP contribution in [0.2, 0.25) is 0 Å². The van der Waals surface area contributed by atoms with E-state index in [0.717, 1.165) is 11.1 Å². The molecule has 0 fully saturated rings. The summed E-state index contributed by atoms with van der Waals surface area (Å²) in [5.74, 6) is 0.862. The second kappa shape index (κ2) is 6.96. The summed E-state index contributed by atoms with van der Waals surface area (Å²) in [4.78, 5) is 0. The molecule has 0 bridgehead atoms. The van der Waals surface area contributed by atoms with E-state index in [9.17, 15) is 5.11 Å². The molecule has 0 unspecified atom stereocenters. The lowest BCUT2D eigenvalue weighted by molar-refractivity contribution is 0.193. The Balaban J connectivity index is 2.13. The van der Waals surface area contributed by atoms with Crippen molar-refractivity contribution < 1.29 is 14.0 Å². The summed E-state index contributed by atoms with van der Waals surface area (Å²) < 4.78 is 27.7. The van der Waals surface area contributed by atoms with Crippen LogP contribution < -0.4 is 10.1 Å². The zero-order valence-corrected chi connectivity index (χ0v) is 11.5. The number of hydrogen-bond acceptors (Lipinski definition) is 3. The monoisotopic (exact) mass is 274 g/mol. The van der Waals surface area contributed by atoms with Gasteiger partial charge in [-0.1, -0.05) is 30.3 Å². The van der Waals surface area contributed by atoms with Crippen molar-refractivity contribution in [1.29, 1.82) is 0 Å². The predicted molar refractivity (Wildman–Crippen MR) is 81.2 cm³/mol. The van der Waals surface area contributed by atoms with Crippen LogP contribution in [0.1, 0.15) is 27.8 Å². The van der Waals surface area contributed by atoms with Crippen LogP contribution in [-0.2, 0) is 0 Å². The molecule has 2 rings (SSSR count). The number of phenolic OH excluding ortho intramolecular Hbond substituents is 1. The number of rotatable bonds is 6. The lowest BCUT2D eigenvalue weighted by atomic mass is 10.1. The summed E-state index contributed by atoms with van der Waals surface area (Å²) in [5.41, 5.74) is 1.81. The maximum absolute atomic E-state index is 9.49. The summed E-state index contributed by atoms with van der Waals surface area (Å²) in [5, 5.41) is 12.0. The highest BCUT2D eigenvalue weighted by atomic mass is 16.5. The highest BCUT2D eigenvalue weighted by Gasteiger charge is 2.14. The molecule has 0 radical (unpaired) electrons. The van der Waals surface area contributed by atoms with Crippen molar-refractivity contribution in [2.24, 2.45) is 0 Å². The molecule has 0 amide bonds. The van der Waals surface area contributed by atoms with Gasteiger partial charge in [0, 0.05) is 10.5 Å². The van der Waals surface area contributed by atoms with Gasteiger partial charge >= 0.3 is 0 Å². The van der Waals surface area contributed by atoms with Crippen LogP contribution in [0.5, 0.6) is 11.5 Å². The second-order valence-corrected chi connectivity index (χ2v) is 4.68. The van der Waals surface area contributed by atoms with E-state index in [0.29, 0.717) is 18.7 Å². The molecular weight excluding hydrogens is 250 g/mol. The summed E-state index contributed by atoms with van der Waals surface area (Å²) in [7, 11) is 0. The Morgan fingerprint density at radius 1 is 1.25 bits per heavy atom. The molecule has 0 saturated heterocycles. The van der Waals surface area contributed by atoms with Gasteiger partial charge in [-0.2, -0.15) is 0 Å². The molecular formula is C17H21NO2. The zero-order chi connectivity index (χ0) is 16.9. The highest BCUT2D eigenvalue weighted by Crippen LogP contribution is 2.29. The lowest BCUT2D eigenvalue weighted by Crippen LogP contribution is -2.16. The molecule has 0 aliphatic carbocycles. The summed E-state index contributed by atoms with van der Waals surface area (Å²) in [6, 6.07) is 14.6. The molecule has 3 nitrogen and oxygen atoms in total. The number of aromatic hydroxyl groups is 1. The fourth-order valence-electron chi connectivity index (χ4n) is 2.08. The second-order valence-electron chi connectivity index (χ2n) is 4.68. The Morgan fingerprint density at radius 2 is 2.05 bits per heavy atom. The minimum atomic E-state index is -2.16. The SMILES string of the molecule is [2H]C([2H])([2H])NCC[C@@H](Oc1ccc(O)cc1C)c1ccccc1. The van der Waals surface area contributed by atoms with E-state index in [2.05, 4.69) is 5.32 Å². The van der Waals surface area contributed by atoms with Gasteiger partial charge in [0.05, 0.1) is 0 Å². The van der Waals surface area contributed by atoms with E-state index in [4.69, 9.17) is 8.85 Å². The lowest BCUT2D eigenvalue weighted by Gasteiger charge is -2.21. The van der Waals surface area contributed by atoms with Crippen LogP contribution in [-0.4, -0.2) is 18.6 Å². The molecule has 3 heteroatoms. The average Bonchev–Trinajstić information content (AvgIpc) is 2.48. The molecule has 0 saturated carbocycles. The van der Waals surface area contributed by atoms with Gasteiger partial charge in [0.2, 0.25) is 0 Å². The Hall–Kier alpha value is -2.00. The molecule has 0 aliphatic heterocycles. The quantitative estimate of drug-likeness (QED) is 0.848. The van der Waals surface area contributed by atoms with Gasteiger partial charge in [0.1, 0.15) is 17.6 Å². The average molecular weight is 274 g/mol. The Kier molecular flexibility index (Phi) is 3.74. The Bertz CT molecular complexity index is 629. The van der Waals surface area contributed by atoms with Gasteiger partial charge in [0.15, 0.2) is 0 Å². The normalized spacial score (nSPS) is 14.9. The van der Waals surface area contributed by atoms with E-state index < -0.39 is 6.98 Å². The van der Waals surface area contributed by atoms with Gasteiger partial charge in [-0.05, 0) is 49.8 Å². The van der Waals surface area contributed by atoms with Crippen LogP contribution in [0.4, 0.5) is 0 Å². The first-order chi connectivity index (χ1) is 10.8. The van der Waals surface area contributed by atoms with Crippen molar-refractivity contribution in [3.8, 4) is 11.5 Å². The molecule has 2 aromatic rings.